The number of hydrogen-bond donors (Lipinski definition) is 0. The van der Waals surface area contributed by atoms with Gasteiger partial charge in [0, 0.05) is 17.8 Å². The molecule has 0 radical (unpaired) electrons. The van der Waals surface area contributed by atoms with Crippen LogP contribution in [-0.2, 0) is 12.0 Å². The number of rotatable bonds is 3. The molecule has 1 aliphatic heterocycles. The topological polar surface area (TPSA) is 12.5 Å². The molecule has 0 fully saturated rings. The number of hydrogen-bond acceptors (Lipinski definition) is 2. The fourth-order valence-corrected chi connectivity index (χ4v) is 2.67. The van der Waals surface area contributed by atoms with Crippen LogP contribution in [0.1, 0.15) is 38.3 Å². The second-order valence-corrected chi connectivity index (χ2v) is 6.37. The lowest BCUT2D eigenvalue weighted by molar-refractivity contribution is 0.289. The van der Waals surface area contributed by atoms with Crippen molar-refractivity contribution in [3.8, 4) is 5.75 Å². The Kier molecular flexibility index (Phi) is 3.62. The average molecular weight is 281 g/mol. The molecule has 0 N–H and O–H groups in total. The number of anilines is 1. The summed E-state index contributed by atoms with van der Waals surface area (Å²) in [5, 5.41) is 0. The lowest BCUT2D eigenvalue weighted by Gasteiger charge is -2.32. The molecule has 21 heavy (non-hydrogen) atoms. The zero-order valence-corrected chi connectivity index (χ0v) is 13.1. The molecule has 1 aliphatic rings. The van der Waals surface area contributed by atoms with Crippen LogP contribution in [0.15, 0.2) is 48.5 Å². The molecule has 2 heteroatoms. The number of ether oxygens (including phenoxy) is 1. The molecule has 0 aromatic heterocycles. The molecule has 2 aromatic rings. The predicted molar refractivity (Wildman–Crippen MR) is 87.9 cm³/mol. The van der Waals surface area contributed by atoms with E-state index in [9.17, 15) is 0 Å². The van der Waals surface area contributed by atoms with Crippen molar-refractivity contribution in [3.05, 3.63) is 59.7 Å². The van der Waals surface area contributed by atoms with Gasteiger partial charge in [-0.3, -0.25) is 0 Å². The summed E-state index contributed by atoms with van der Waals surface area (Å²) in [5.41, 5.74) is 4.10. The van der Waals surface area contributed by atoms with Gasteiger partial charge in [0.05, 0.1) is 0 Å². The summed E-state index contributed by atoms with van der Waals surface area (Å²) in [6, 6.07) is 17.1. The Balaban J connectivity index is 1.89. The van der Waals surface area contributed by atoms with Gasteiger partial charge in [-0.1, -0.05) is 45.0 Å². The molecule has 0 aliphatic carbocycles. The Labute approximate surface area is 127 Å². The van der Waals surface area contributed by atoms with Crippen LogP contribution in [0.4, 0.5) is 5.69 Å². The maximum absolute atomic E-state index is 5.92. The second kappa shape index (κ2) is 5.44. The Morgan fingerprint density at radius 2 is 1.86 bits per heavy atom. The van der Waals surface area contributed by atoms with E-state index in [2.05, 4.69) is 68.1 Å². The summed E-state index contributed by atoms with van der Waals surface area (Å²) in [7, 11) is 0. The van der Waals surface area contributed by atoms with Gasteiger partial charge in [-0.2, -0.15) is 0 Å². The van der Waals surface area contributed by atoms with Gasteiger partial charge >= 0.3 is 0 Å². The molecule has 2 nitrogen and oxygen atoms in total. The fourth-order valence-electron chi connectivity index (χ4n) is 2.67. The molecule has 2 aromatic carbocycles. The molecule has 1 heterocycles. The highest BCUT2D eigenvalue weighted by atomic mass is 16.5. The Morgan fingerprint density at radius 3 is 2.57 bits per heavy atom. The van der Waals surface area contributed by atoms with Gasteiger partial charge in [-0.25, -0.2) is 0 Å². The van der Waals surface area contributed by atoms with Crippen molar-refractivity contribution in [1.29, 1.82) is 0 Å². The smallest absolute Gasteiger partial charge is 0.161 e. The minimum atomic E-state index is 0.212. The van der Waals surface area contributed by atoms with E-state index in [0.717, 1.165) is 18.7 Å². The molecular formula is C19H23NO. The van der Waals surface area contributed by atoms with Crippen molar-refractivity contribution in [2.75, 3.05) is 11.6 Å². The van der Waals surface area contributed by atoms with Crippen LogP contribution in [0.25, 0.3) is 0 Å². The molecule has 0 amide bonds. The van der Waals surface area contributed by atoms with Crippen molar-refractivity contribution in [2.45, 2.75) is 39.2 Å². The lowest BCUT2D eigenvalue weighted by Crippen LogP contribution is -2.32. The lowest BCUT2D eigenvalue weighted by atomic mass is 9.81. The molecule has 0 saturated heterocycles. The second-order valence-electron chi connectivity index (χ2n) is 6.37. The van der Waals surface area contributed by atoms with Crippen LogP contribution >= 0.6 is 0 Å². The van der Waals surface area contributed by atoms with E-state index in [1.807, 2.05) is 6.07 Å². The first-order valence-electron chi connectivity index (χ1n) is 7.66. The van der Waals surface area contributed by atoms with Crippen molar-refractivity contribution in [1.82, 2.24) is 0 Å². The molecule has 0 spiro atoms. The summed E-state index contributed by atoms with van der Waals surface area (Å²) >= 11 is 0. The number of benzene rings is 2. The highest BCUT2D eigenvalue weighted by Crippen LogP contribution is 2.34. The first kappa shape index (κ1) is 14.0. The van der Waals surface area contributed by atoms with Gasteiger partial charge in [-0.15, -0.1) is 0 Å². The van der Waals surface area contributed by atoms with Crippen LogP contribution in [0.3, 0.4) is 0 Å². The average Bonchev–Trinajstić information content (AvgIpc) is 2.54. The van der Waals surface area contributed by atoms with Crippen LogP contribution in [0.5, 0.6) is 5.75 Å². The quantitative estimate of drug-likeness (QED) is 0.806. The number of para-hydroxylation sites is 1. The van der Waals surface area contributed by atoms with Gasteiger partial charge in [0.25, 0.3) is 0 Å². The van der Waals surface area contributed by atoms with E-state index in [4.69, 9.17) is 4.74 Å². The van der Waals surface area contributed by atoms with E-state index in [1.165, 1.54) is 16.8 Å². The first-order chi connectivity index (χ1) is 10.1. The number of nitrogens with zero attached hydrogens (tertiary/aromatic N) is 1. The van der Waals surface area contributed by atoms with E-state index in [1.54, 1.807) is 0 Å². The molecule has 0 bridgehead atoms. The number of fused-ring (bicyclic) bond motifs is 1. The normalized spacial score (nSPS) is 14.5. The maximum atomic E-state index is 5.92. The summed E-state index contributed by atoms with van der Waals surface area (Å²) < 4.78 is 5.92. The Morgan fingerprint density at radius 1 is 1.10 bits per heavy atom. The van der Waals surface area contributed by atoms with E-state index < -0.39 is 0 Å². The monoisotopic (exact) mass is 281 g/mol. The van der Waals surface area contributed by atoms with E-state index in [0.29, 0.717) is 6.73 Å². The minimum Gasteiger partial charge on any atom is -0.473 e. The first-order valence-corrected chi connectivity index (χ1v) is 7.66. The SMILES string of the molecule is CCC(C)(C)c1ccc2c(c1)CN(c1ccccc1)CO2. The third-order valence-electron chi connectivity index (χ3n) is 4.58. The maximum Gasteiger partial charge on any atom is 0.161 e. The van der Waals surface area contributed by atoms with Gasteiger partial charge in [0.2, 0.25) is 0 Å². The highest BCUT2D eigenvalue weighted by Gasteiger charge is 2.22. The summed E-state index contributed by atoms with van der Waals surface area (Å²) in [6.45, 7) is 8.37. The minimum absolute atomic E-state index is 0.212. The molecule has 0 atom stereocenters. The van der Waals surface area contributed by atoms with E-state index >= 15 is 0 Å². The van der Waals surface area contributed by atoms with Gasteiger partial charge in [0.15, 0.2) is 6.73 Å². The molecule has 0 unspecified atom stereocenters. The summed E-state index contributed by atoms with van der Waals surface area (Å²) in [5.74, 6) is 1.03. The zero-order valence-electron chi connectivity index (χ0n) is 13.1. The molecule has 110 valence electrons. The third kappa shape index (κ3) is 2.76. The van der Waals surface area contributed by atoms with Crippen LogP contribution < -0.4 is 9.64 Å². The van der Waals surface area contributed by atoms with Crippen LogP contribution in [0, 0.1) is 0 Å². The van der Waals surface area contributed by atoms with Crippen LogP contribution in [0.2, 0.25) is 0 Å². The molecule has 3 rings (SSSR count). The Bertz CT molecular complexity index is 619. The van der Waals surface area contributed by atoms with Crippen molar-refractivity contribution < 1.29 is 4.74 Å². The fraction of sp³-hybridized carbons (Fsp3) is 0.368. The van der Waals surface area contributed by atoms with Crippen molar-refractivity contribution in [3.63, 3.8) is 0 Å². The molecule has 0 saturated carbocycles. The van der Waals surface area contributed by atoms with Crippen molar-refractivity contribution >= 4 is 5.69 Å². The largest absolute Gasteiger partial charge is 0.473 e. The predicted octanol–water partition coefficient (Wildman–Crippen LogP) is 4.73. The highest BCUT2D eigenvalue weighted by molar-refractivity contribution is 5.50. The zero-order chi connectivity index (χ0) is 14.9. The summed E-state index contributed by atoms with van der Waals surface area (Å²) in [6.07, 6.45) is 1.13. The third-order valence-corrected chi connectivity index (χ3v) is 4.58. The summed E-state index contributed by atoms with van der Waals surface area (Å²) in [4.78, 5) is 2.27. The standard InChI is InChI=1S/C19H23NO/c1-4-19(2,3)16-10-11-18-15(12-16)13-20(14-21-18)17-8-6-5-7-9-17/h5-12H,4,13-14H2,1-3H3. The Hall–Kier alpha value is -1.96. The van der Waals surface area contributed by atoms with Crippen molar-refractivity contribution in [2.24, 2.45) is 0 Å². The van der Waals surface area contributed by atoms with Crippen LogP contribution in [-0.4, -0.2) is 6.73 Å². The van der Waals surface area contributed by atoms with E-state index in [-0.39, 0.29) is 5.41 Å². The molecular weight excluding hydrogens is 258 g/mol. The van der Waals surface area contributed by atoms with Gasteiger partial charge in [0.1, 0.15) is 5.75 Å². The van der Waals surface area contributed by atoms with Gasteiger partial charge in [-0.05, 0) is 41.7 Å². The van der Waals surface area contributed by atoms with Gasteiger partial charge < -0.3 is 9.64 Å².